The Hall–Kier alpha value is -3.08. The van der Waals surface area contributed by atoms with Crippen LogP contribution in [-0.2, 0) is 10.2 Å². The van der Waals surface area contributed by atoms with Crippen LogP contribution < -0.4 is 10.1 Å². The third-order valence-electron chi connectivity index (χ3n) is 4.35. The lowest BCUT2D eigenvalue weighted by Crippen LogP contribution is -2.22. The minimum Gasteiger partial charge on any atom is -0.497 e. The molecular formula is C21H22N2O3. The molecule has 0 bridgehead atoms. The number of rotatable bonds is 4. The highest BCUT2D eigenvalue weighted by atomic mass is 16.5. The summed E-state index contributed by atoms with van der Waals surface area (Å²) in [6.07, 6.45) is 1.55. The number of aromatic amines is 1. The van der Waals surface area contributed by atoms with E-state index in [1.54, 1.807) is 25.4 Å². The summed E-state index contributed by atoms with van der Waals surface area (Å²) in [7, 11) is 1.56. The fraction of sp³-hybridized carbons (Fsp3) is 0.238. The molecule has 2 aromatic carbocycles. The summed E-state index contributed by atoms with van der Waals surface area (Å²) >= 11 is 0. The van der Waals surface area contributed by atoms with Crippen LogP contribution in [0.4, 0.5) is 5.69 Å². The van der Waals surface area contributed by atoms with Crippen molar-refractivity contribution in [3.05, 3.63) is 59.8 Å². The molecule has 1 heterocycles. The summed E-state index contributed by atoms with van der Waals surface area (Å²) in [5.74, 6) is -0.633. The lowest BCUT2D eigenvalue weighted by atomic mass is 9.87. The molecule has 1 amide bonds. The number of anilines is 1. The molecule has 0 spiro atoms. The molecule has 0 saturated heterocycles. The standard InChI is InChI=1S/C21H22N2O3/c1-21(2,3)13-5-7-14(8-6-13)23-20(25)19(24)17-12-22-18-10-9-15(26-4)11-16(17)18/h5-12,22H,1-4H3,(H,23,25). The van der Waals surface area contributed by atoms with E-state index in [-0.39, 0.29) is 5.41 Å². The molecule has 0 unspecified atom stereocenters. The average Bonchev–Trinajstić information content (AvgIpc) is 3.03. The number of nitrogens with one attached hydrogen (secondary N) is 2. The van der Waals surface area contributed by atoms with Crippen molar-refractivity contribution in [2.24, 2.45) is 0 Å². The molecule has 0 aliphatic heterocycles. The molecule has 0 aliphatic carbocycles. The Morgan fingerprint density at radius 3 is 2.35 bits per heavy atom. The summed E-state index contributed by atoms with van der Waals surface area (Å²) in [5.41, 5.74) is 2.88. The Kier molecular flexibility index (Phi) is 4.55. The van der Waals surface area contributed by atoms with E-state index in [0.717, 1.165) is 11.1 Å². The average molecular weight is 350 g/mol. The number of carbonyl (C=O) groups is 2. The maximum atomic E-state index is 12.6. The third-order valence-corrected chi connectivity index (χ3v) is 4.35. The van der Waals surface area contributed by atoms with E-state index in [9.17, 15) is 9.59 Å². The lowest BCUT2D eigenvalue weighted by molar-refractivity contribution is -0.112. The first kappa shape index (κ1) is 17.7. The van der Waals surface area contributed by atoms with Gasteiger partial charge in [0, 0.05) is 22.8 Å². The summed E-state index contributed by atoms with van der Waals surface area (Å²) in [6, 6.07) is 12.9. The Labute approximate surface area is 152 Å². The van der Waals surface area contributed by atoms with E-state index >= 15 is 0 Å². The zero-order valence-corrected chi connectivity index (χ0v) is 15.3. The Morgan fingerprint density at radius 2 is 1.73 bits per heavy atom. The number of methoxy groups -OCH3 is 1. The van der Waals surface area contributed by atoms with Gasteiger partial charge in [-0.3, -0.25) is 9.59 Å². The number of hydrogen-bond acceptors (Lipinski definition) is 3. The van der Waals surface area contributed by atoms with Gasteiger partial charge in [0.25, 0.3) is 11.7 Å². The summed E-state index contributed by atoms with van der Waals surface area (Å²) < 4.78 is 5.20. The highest BCUT2D eigenvalue weighted by Gasteiger charge is 2.21. The van der Waals surface area contributed by atoms with Crippen LogP contribution >= 0.6 is 0 Å². The van der Waals surface area contributed by atoms with Crippen LogP contribution in [0.5, 0.6) is 5.75 Å². The molecule has 0 fully saturated rings. The maximum Gasteiger partial charge on any atom is 0.296 e. The van der Waals surface area contributed by atoms with Gasteiger partial charge in [-0.1, -0.05) is 32.9 Å². The molecule has 26 heavy (non-hydrogen) atoms. The van der Waals surface area contributed by atoms with Crippen molar-refractivity contribution in [3.8, 4) is 5.75 Å². The fourth-order valence-corrected chi connectivity index (χ4v) is 2.78. The van der Waals surface area contributed by atoms with Crippen molar-refractivity contribution in [2.75, 3.05) is 12.4 Å². The number of ketones is 1. The van der Waals surface area contributed by atoms with E-state index in [4.69, 9.17) is 4.74 Å². The molecule has 134 valence electrons. The minimum absolute atomic E-state index is 0.0292. The number of fused-ring (bicyclic) bond motifs is 1. The molecule has 0 atom stereocenters. The smallest absolute Gasteiger partial charge is 0.296 e. The van der Waals surface area contributed by atoms with Crippen LogP contribution in [-0.4, -0.2) is 23.8 Å². The zero-order valence-electron chi connectivity index (χ0n) is 15.3. The van der Waals surface area contributed by atoms with Gasteiger partial charge in [-0.05, 0) is 41.3 Å². The monoisotopic (exact) mass is 350 g/mol. The second-order valence-corrected chi connectivity index (χ2v) is 7.22. The van der Waals surface area contributed by atoms with Gasteiger partial charge in [0.15, 0.2) is 0 Å². The number of H-pyrrole nitrogens is 1. The van der Waals surface area contributed by atoms with Gasteiger partial charge in [0.1, 0.15) is 5.75 Å². The van der Waals surface area contributed by atoms with Crippen LogP contribution in [0.3, 0.4) is 0 Å². The highest BCUT2D eigenvalue weighted by Crippen LogP contribution is 2.25. The van der Waals surface area contributed by atoms with Crippen LogP contribution in [0, 0.1) is 0 Å². The fourth-order valence-electron chi connectivity index (χ4n) is 2.78. The van der Waals surface area contributed by atoms with Crippen LogP contribution in [0.2, 0.25) is 0 Å². The van der Waals surface area contributed by atoms with Crippen molar-refractivity contribution in [1.82, 2.24) is 4.98 Å². The van der Waals surface area contributed by atoms with E-state index in [1.165, 1.54) is 0 Å². The number of benzene rings is 2. The largest absolute Gasteiger partial charge is 0.497 e. The van der Waals surface area contributed by atoms with Gasteiger partial charge in [-0.25, -0.2) is 0 Å². The molecule has 2 N–H and O–H groups in total. The van der Waals surface area contributed by atoms with Gasteiger partial charge >= 0.3 is 0 Å². The molecule has 3 rings (SSSR count). The minimum atomic E-state index is -0.669. The second kappa shape index (κ2) is 6.67. The van der Waals surface area contributed by atoms with Gasteiger partial charge < -0.3 is 15.0 Å². The second-order valence-electron chi connectivity index (χ2n) is 7.22. The highest BCUT2D eigenvalue weighted by molar-refractivity contribution is 6.48. The molecule has 0 aliphatic rings. The normalized spacial score (nSPS) is 11.4. The number of hydrogen-bond donors (Lipinski definition) is 2. The third kappa shape index (κ3) is 3.47. The molecule has 5 nitrogen and oxygen atoms in total. The van der Waals surface area contributed by atoms with E-state index in [1.807, 2.05) is 30.3 Å². The topological polar surface area (TPSA) is 71.2 Å². The SMILES string of the molecule is COc1ccc2[nH]cc(C(=O)C(=O)Nc3ccc(C(C)(C)C)cc3)c2c1. The maximum absolute atomic E-state index is 12.6. The number of amides is 1. The van der Waals surface area contributed by atoms with Crippen molar-refractivity contribution in [1.29, 1.82) is 0 Å². The number of Topliss-reactive ketones (excluding diaryl/α,β-unsaturated/α-hetero) is 1. The number of ether oxygens (including phenoxy) is 1. The van der Waals surface area contributed by atoms with Crippen molar-refractivity contribution in [3.63, 3.8) is 0 Å². The predicted octanol–water partition coefficient (Wildman–Crippen LogP) is 4.30. The van der Waals surface area contributed by atoms with Crippen molar-refractivity contribution in [2.45, 2.75) is 26.2 Å². The van der Waals surface area contributed by atoms with Gasteiger partial charge in [-0.2, -0.15) is 0 Å². The van der Waals surface area contributed by atoms with Gasteiger partial charge in [0.05, 0.1) is 12.7 Å². The summed E-state index contributed by atoms with van der Waals surface area (Å²) in [5, 5.41) is 3.33. The van der Waals surface area contributed by atoms with Gasteiger partial charge in [0.2, 0.25) is 0 Å². The Morgan fingerprint density at radius 1 is 1.04 bits per heavy atom. The number of aromatic nitrogens is 1. The molecule has 0 radical (unpaired) electrons. The van der Waals surface area contributed by atoms with E-state index < -0.39 is 11.7 Å². The summed E-state index contributed by atoms with van der Waals surface area (Å²) in [4.78, 5) is 28.0. The van der Waals surface area contributed by atoms with Gasteiger partial charge in [-0.15, -0.1) is 0 Å². The lowest BCUT2D eigenvalue weighted by Gasteiger charge is -2.19. The van der Waals surface area contributed by atoms with Crippen LogP contribution in [0.1, 0.15) is 36.7 Å². The first-order valence-corrected chi connectivity index (χ1v) is 8.41. The molecule has 3 aromatic rings. The molecule has 1 aromatic heterocycles. The van der Waals surface area contributed by atoms with E-state index in [0.29, 0.717) is 22.4 Å². The predicted molar refractivity (Wildman–Crippen MR) is 103 cm³/mol. The van der Waals surface area contributed by atoms with Crippen molar-refractivity contribution >= 4 is 28.3 Å². The van der Waals surface area contributed by atoms with E-state index in [2.05, 4.69) is 31.1 Å². The first-order chi connectivity index (χ1) is 12.3. The summed E-state index contributed by atoms with van der Waals surface area (Å²) in [6.45, 7) is 6.36. The quantitative estimate of drug-likeness (QED) is 0.544. The molecule has 5 heteroatoms. The van der Waals surface area contributed by atoms with Crippen LogP contribution in [0.15, 0.2) is 48.7 Å². The van der Waals surface area contributed by atoms with Crippen molar-refractivity contribution < 1.29 is 14.3 Å². The Bertz CT molecular complexity index is 963. The van der Waals surface area contributed by atoms with Crippen LogP contribution in [0.25, 0.3) is 10.9 Å². The number of carbonyl (C=O) groups excluding carboxylic acids is 2. The zero-order chi connectivity index (χ0) is 18.9. The molecule has 0 saturated carbocycles. The first-order valence-electron chi connectivity index (χ1n) is 8.41. The molecular weight excluding hydrogens is 328 g/mol. The Balaban J connectivity index is 1.81.